The molecule has 108 valence electrons. The number of rotatable bonds is 5. The summed E-state index contributed by atoms with van der Waals surface area (Å²) in [6, 6.07) is 4.00. The predicted octanol–water partition coefficient (Wildman–Crippen LogP) is 2.65. The summed E-state index contributed by atoms with van der Waals surface area (Å²) in [5.41, 5.74) is 5.93. The molecule has 0 spiro atoms. The molecule has 1 atom stereocenters. The van der Waals surface area contributed by atoms with Crippen LogP contribution in [0, 0.1) is 0 Å². The van der Waals surface area contributed by atoms with Crippen molar-refractivity contribution < 1.29 is 0 Å². The number of nitrogens with zero attached hydrogens (tertiary/aromatic N) is 3. The first-order valence-electron chi connectivity index (χ1n) is 6.34. The summed E-state index contributed by atoms with van der Waals surface area (Å²) in [5.74, 6) is 5.70. The zero-order valence-corrected chi connectivity index (χ0v) is 14.6. The van der Waals surface area contributed by atoms with E-state index in [1.54, 1.807) is 6.20 Å². The summed E-state index contributed by atoms with van der Waals surface area (Å²) in [7, 11) is 1.95. The maximum Gasteiger partial charge on any atom is 0.0733 e. The number of nitrogens with two attached hydrogens (primary N) is 1. The van der Waals surface area contributed by atoms with Gasteiger partial charge in [0.1, 0.15) is 0 Å². The van der Waals surface area contributed by atoms with Crippen molar-refractivity contribution in [2.24, 2.45) is 12.9 Å². The molecule has 2 heterocycles. The molecule has 0 bridgehead atoms. The molecular weight excluding hydrogens is 386 g/mol. The van der Waals surface area contributed by atoms with Gasteiger partial charge in [-0.1, -0.05) is 6.92 Å². The maximum absolute atomic E-state index is 5.70. The Morgan fingerprint density at radius 2 is 2.15 bits per heavy atom. The van der Waals surface area contributed by atoms with E-state index in [0.717, 1.165) is 38.9 Å². The number of aryl methyl sites for hydroxylation is 2. The lowest BCUT2D eigenvalue weighted by Gasteiger charge is -2.17. The van der Waals surface area contributed by atoms with Crippen LogP contribution in [0.5, 0.6) is 0 Å². The van der Waals surface area contributed by atoms with Crippen LogP contribution in [-0.4, -0.2) is 14.8 Å². The summed E-state index contributed by atoms with van der Waals surface area (Å²) in [4.78, 5) is 4.44. The highest BCUT2D eigenvalue weighted by Gasteiger charge is 2.18. The van der Waals surface area contributed by atoms with Gasteiger partial charge in [0, 0.05) is 34.3 Å². The van der Waals surface area contributed by atoms with Crippen LogP contribution in [0.2, 0.25) is 0 Å². The first-order valence-corrected chi connectivity index (χ1v) is 7.92. The Kier molecular flexibility index (Phi) is 5.31. The second kappa shape index (κ2) is 6.80. The largest absolute Gasteiger partial charge is 0.272 e. The fourth-order valence-corrected chi connectivity index (χ4v) is 3.32. The van der Waals surface area contributed by atoms with Crippen LogP contribution in [0.15, 0.2) is 27.3 Å². The third kappa shape index (κ3) is 3.46. The fourth-order valence-electron chi connectivity index (χ4n) is 2.06. The molecule has 0 aromatic carbocycles. The summed E-state index contributed by atoms with van der Waals surface area (Å²) in [5, 5.41) is 4.46. The summed E-state index contributed by atoms with van der Waals surface area (Å²) >= 11 is 6.93. The van der Waals surface area contributed by atoms with E-state index in [4.69, 9.17) is 5.84 Å². The Morgan fingerprint density at radius 1 is 1.40 bits per heavy atom. The van der Waals surface area contributed by atoms with Crippen LogP contribution in [0.3, 0.4) is 0 Å². The number of pyridine rings is 1. The van der Waals surface area contributed by atoms with Gasteiger partial charge in [0.15, 0.2) is 0 Å². The molecule has 2 rings (SSSR count). The molecule has 0 aliphatic rings. The Bertz CT molecular complexity index is 596. The van der Waals surface area contributed by atoms with E-state index in [0.29, 0.717) is 0 Å². The highest BCUT2D eigenvalue weighted by molar-refractivity contribution is 9.11. The lowest BCUT2D eigenvalue weighted by atomic mass is 10.1. The minimum Gasteiger partial charge on any atom is -0.272 e. The highest BCUT2D eigenvalue weighted by atomic mass is 79.9. The lowest BCUT2D eigenvalue weighted by Crippen LogP contribution is -2.31. The van der Waals surface area contributed by atoms with Crippen LogP contribution in [0.1, 0.15) is 30.0 Å². The Hall–Kier alpha value is -0.760. The van der Waals surface area contributed by atoms with E-state index in [1.165, 1.54) is 0 Å². The SMILES string of the molecule is CCc1cc(CC(NN)c2ncc(Br)cc2Br)n(C)n1. The molecule has 20 heavy (non-hydrogen) atoms. The van der Waals surface area contributed by atoms with Crippen LogP contribution in [-0.2, 0) is 19.9 Å². The molecule has 0 aliphatic carbocycles. The van der Waals surface area contributed by atoms with E-state index >= 15 is 0 Å². The van der Waals surface area contributed by atoms with Crippen LogP contribution < -0.4 is 11.3 Å². The molecule has 1 unspecified atom stereocenters. The first-order chi connectivity index (χ1) is 9.55. The summed E-state index contributed by atoms with van der Waals surface area (Å²) < 4.78 is 3.75. The number of halogens is 2. The van der Waals surface area contributed by atoms with E-state index < -0.39 is 0 Å². The molecule has 7 heteroatoms. The molecule has 0 amide bonds. The molecule has 0 aliphatic heterocycles. The lowest BCUT2D eigenvalue weighted by molar-refractivity contribution is 0.516. The number of hydrogen-bond acceptors (Lipinski definition) is 4. The zero-order chi connectivity index (χ0) is 14.7. The molecule has 2 aromatic rings. The monoisotopic (exact) mass is 401 g/mol. The van der Waals surface area contributed by atoms with Crippen molar-refractivity contribution in [1.82, 2.24) is 20.2 Å². The first kappa shape index (κ1) is 15.6. The van der Waals surface area contributed by atoms with Crippen molar-refractivity contribution >= 4 is 31.9 Å². The van der Waals surface area contributed by atoms with Crippen LogP contribution >= 0.6 is 31.9 Å². The van der Waals surface area contributed by atoms with Crippen LogP contribution in [0.4, 0.5) is 0 Å². The molecule has 2 aromatic heterocycles. The number of hydrogen-bond donors (Lipinski definition) is 2. The number of hydrazine groups is 1. The summed E-state index contributed by atoms with van der Waals surface area (Å²) in [6.45, 7) is 2.09. The molecule has 0 saturated carbocycles. The van der Waals surface area contributed by atoms with Gasteiger partial charge in [0.25, 0.3) is 0 Å². The standard InChI is InChI=1S/C13H17Br2N5/c1-3-9-5-10(20(2)19-9)6-12(18-16)13-11(15)4-8(14)7-17-13/h4-5,7,12,18H,3,6,16H2,1-2H3. The zero-order valence-electron chi connectivity index (χ0n) is 11.4. The van der Waals surface area contributed by atoms with Crippen molar-refractivity contribution in [2.75, 3.05) is 0 Å². The summed E-state index contributed by atoms with van der Waals surface area (Å²) in [6.07, 6.45) is 3.42. The quantitative estimate of drug-likeness (QED) is 0.595. The van der Waals surface area contributed by atoms with Gasteiger partial charge in [-0.05, 0) is 50.4 Å². The maximum atomic E-state index is 5.70. The van der Waals surface area contributed by atoms with Gasteiger partial charge in [-0.25, -0.2) is 0 Å². The number of nitrogens with one attached hydrogen (secondary N) is 1. The Morgan fingerprint density at radius 3 is 2.70 bits per heavy atom. The third-order valence-electron chi connectivity index (χ3n) is 3.17. The minimum atomic E-state index is -0.0717. The van der Waals surface area contributed by atoms with Crippen molar-refractivity contribution in [3.8, 4) is 0 Å². The van der Waals surface area contributed by atoms with Gasteiger partial charge in [0.2, 0.25) is 0 Å². The Labute approximate surface area is 135 Å². The second-order valence-corrected chi connectivity index (χ2v) is 6.32. The molecule has 0 saturated heterocycles. The average Bonchev–Trinajstić information content (AvgIpc) is 2.77. The normalized spacial score (nSPS) is 12.7. The van der Waals surface area contributed by atoms with Crippen molar-refractivity contribution in [3.05, 3.63) is 44.4 Å². The molecular formula is C13H17Br2N5. The predicted molar refractivity (Wildman–Crippen MR) is 86.0 cm³/mol. The van der Waals surface area contributed by atoms with E-state index in [1.807, 2.05) is 17.8 Å². The molecule has 0 radical (unpaired) electrons. The molecule has 3 N–H and O–H groups in total. The van der Waals surface area contributed by atoms with Gasteiger partial charge in [-0.15, -0.1) is 0 Å². The highest BCUT2D eigenvalue weighted by Crippen LogP contribution is 2.26. The third-order valence-corrected chi connectivity index (χ3v) is 4.24. The molecule has 5 nitrogen and oxygen atoms in total. The van der Waals surface area contributed by atoms with Crippen LogP contribution in [0.25, 0.3) is 0 Å². The molecule has 0 fully saturated rings. The van der Waals surface area contributed by atoms with Gasteiger partial charge in [0.05, 0.1) is 17.4 Å². The van der Waals surface area contributed by atoms with E-state index in [2.05, 4.69) is 60.4 Å². The van der Waals surface area contributed by atoms with Crippen molar-refractivity contribution in [2.45, 2.75) is 25.8 Å². The fraction of sp³-hybridized carbons (Fsp3) is 0.385. The van der Waals surface area contributed by atoms with Gasteiger partial charge >= 0.3 is 0 Å². The Balaban J connectivity index is 2.26. The number of aromatic nitrogens is 3. The van der Waals surface area contributed by atoms with E-state index in [9.17, 15) is 0 Å². The van der Waals surface area contributed by atoms with Gasteiger partial charge < -0.3 is 0 Å². The minimum absolute atomic E-state index is 0.0717. The van der Waals surface area contributed by atoms with Crippen molar-refractivity contribution in [1.29, 1.82) is 0 Å². The topological polar surface area (TPSA) is 68.8 Å². The van der Waals surface area contributed by atoms with Gasteiger partial charge in [-0.3, -0.25) is 20.9 Å². The average molecular weight is 403 g/mol. The van der Waals surface area contributed by atoms with E-state index in [-0.39, 0.29) is 6.04 Å². The smallest absolute Gasteiger partial charge is 0.0733 e. The van der Waals surface area contributed by atoms with Gasteiger partial charge in [-0.2, -0.15) is 5.10 Å². The second-order valence-electron chi connectivity index (χ2n) is 4.55. The van der Waals surface area contributed by atoms with Crippen molar-refractivity contribution in [3.63, 3.8) is 0 Å².